The number of aliphatic imine (C=N–C) groups is 1. The highest BCUT2D eigenvalue weighted by Gasteiger charge is 2.33. The van der Waals surface area contributed by atoms with Gasteiger partial charge in [-0.15, -0.1) is 0 Å². The molecule has 0 aliphatic carbocycles. The number of amides is 1. The summed E-state index contributed by atoms with van der Waals surface area (Å²) < 4.78 is 43.5. The number of rotatable bonds is 6. The highest BCUT2D eigenvalue weighted by Crippen LogP contribution is 2.32. The summed E-state index contributed by atoms with van der Waals surface area (Å²) in [5.41, 5.74) is 4.43. The fourth-order valence-electron chi connectivity index (χ4n) is 2.37. The van der Waals surface area contributed by atoms with Crippen LogP contribution in [-0.4, -0.2) is 37.2 Å². The van der Waals surface area contributed by atoms with Crippen LogP contribution in [0.3, 0.4) is 0 Å². The second-order valence-corrected chi connectivity index (χ2v) is 5.73. The third kappa shape index (κ3) is 4.82. The van der Waals surface area contributed by atoms with Gasteiger partial charge in [0.1, 0.15) is 29.5 Å². The minimum Gasteiger partial charge on any atom is -0.386 e. The van der Waals surface area contributed by atoms with Crippen molar-refractivity contribution in [3.63, 3.8) is 0 Å². The molecule has 1 atom stereocenters. The normalized spacial score (nSPS) is 20.1. The summed E-state index contributed by atoms with van der Waals surface area (Å²) in [5, 5.41) is 11.6. The predicted molar refractivity (Wildman–Crippen MR) is 90.8 cm³/mol. The minimum absolute atomic E-state index is 0.111. The van der Waals surface area contributed by atoms with Gasteiger partial charge in [-0.2, -0.15) is 8.78 Å². The van der Waals surface area contributed by atoms with Crippen molar-refractivity contribution in [3.8, 4) is 0 Å². The fourth-order valence-corrected chi connectivity index (χ4v) is 2.37. The molecule has 0 saturated carbocycles. The summed E-state index contributed by atoms with van der Waals surface area (Å²) in [6.07, 6.45) is 1.67. The lowest BCUT2D eigenvalue weighted by Crippen LogP contribution is -2.38. The molecule has 140 valence electrons. The van der Waals surface area contributed by atoms with Crippen LogP contribution in [0.4, 0.5) is 18.9 Å². The number of hydrogen-bond donors (Lipinski definition) is 4. The number of carbonyl (C=O) groups is 1. The summed E-state index contributed by atoms with van der Waals surface area (Å²) >= 11 is 0. The van der Waals surface area contributed by atoms with E-state index >= 15 is 0 Å². The number of benzene rings is 1. The average Bonchev–Trinajstić information content (AvgIpc) is 2.55. The van der Waals surface area contributed by atoms with Crippen LogP contribution in [0.2, 0.25) is 0 Å². The Labute approximate surface area is 147 Å². The molecule has 0 bridgehead atoms. The van der Waals surface area contributed by atoms with Gasteiger partial charge in [0.25, 0.3) is 5.91 Å². The van der Waals surface area contributed by atoms with Gasteiger partial charge in [0, 0.05) is 17.5 Å². The minimum atomic E-state index is -2.80. The Morgan fingerprint density at radius 1 is 1.50 bits per heavy atom. The molecular formula is C16H18F3N5O2. The van der Waals surface area contributed by atoms with E-state index in [1.807, 2.05) is 0 Å². The molecule has 10 heteroatoms. The Bertz CT molecular complexity index is 766. The first-order chi connectivity index (χ1) is 12.2. The van der Waals surface area contributed by atoms with Gasteiger partial charge < -0.3 is 21.1 Å². The van der Waals surface area contributed by atoms with E-state index in [0.29, 0.717) is 0 Å². The van der Waals surface area contributed by atoms with E-state index < -0.39 is 29.5 Å². The number of nitrogens with one attached hydrogen (secondary N) is 3. The maximum Gasteiger partial charge on any atom is 0.312 e. The van der Waals surface area contributed by atoms with Crippen LogP contribution in [0.1, 0.15) is 12.5 Å². The summed E-state index contributed by atoms with van der Waals surface area (Å²) in [6.45, 7) is -0.888. The van der Waals surface area contributed by atoms with E-state index in [2.05, 4.69) is 10.3 Å². The Hall–Kier alpha value is -2.88. The number of anilines is 1. The predicted octanol–water partition coefficient (Wildman–Crippen LogP) is 1.71. The topological polar surface area (TPSA) is 113 Å². The standard InChI is InChI=1S/C16H18F3N5O2/c1-16(8-26-7-13(21)24-16)10-6-9(2-3-11(10)17)23-14(25)12(20)4-5-22-15(18)19/h2-6,15,20,22H,7-8H2,1H3,(H2,21,24)(H,23,25)/b5-4-,20-12?/t16-/m0/s1. The van der Waals surface area contributed by atoms with Crippen molar-refractivity contribution in [2.45, 2.75) is 19.0 Å². The lowest BCUT2D eigenvalue weighted by Gasteiger charge is -2.30. The van der Waals surface area contributed by atoms with Crippen molar-refractivity contribution >= 4 is 23.1 Å². The third-order valence-corrected chi connectivity index (χ3v) is 3.54. The SMILES string of the molecule is C[C@@]1(c2cc(NC(=O)C(=N)/C=C\NC(F)F)ccc2F)COCC(N)=N1. The van der Waals surface area contributed by atoms with Crippen LogP contribution < -0.4 is 16.4 Å². The first-order valence-electron chi connectivity index (χ1n) is 7.54. The largest absolute Gasteiger partial charge is 0.386 e. The molecular weight excluding hydrogens is 351 g/mol. The van der Waals surface area contributed by atoms with Crippen molar-refractivity contribution in [2.24, 2.45) is 10.7 Å². The van der Waals surface area contributed by atoms with Crippen LogP contribution >= 0.6 is 0 Å². The molecule has 5 N–H and O–H groups in total. The highest BCUT2D eigenvalue weighted by atomic mass is 19.3. The van der Waals surface area contributed by atoms with E-state index in [9.17, 15) is 18.0 Å². The van der Waals surface area contributed by atoms with Crippen LogP contribution in [0, 0.1) is 11.2 Å². The molecule has 1 aliphatic heterocycles. The molecule has 2 rings (SSSR count). The number of carbonyl (C=O) groups excluding carboxylic acids is 1. The molecule has 1 aliphatic rings. The number of amidine groups is 1. The summed E-state index contributed by atoms with van der Waals surface area (Å²) in [7, 11) is 0. The smallest absolute Gasteiger partial charge is 0.312 e. The van der Waals surface area contributed by atoms with Crippen LogP contribution in [0.5, 0.6) is 0 Å². The van der Waals surface area contributed by atoms with Gasteiger partial charge in [0.05, 0.1) is 6.61 Å². The molecule has 0 fully saturated rings. The van der Waals surface area contributed by atoms with Gasteiger partial charge in [0.2, 0.25) is 0 Å². The molecule has 1 heterocycles. The van der Waals surface area contributed by atoms with Gasteiger partial charge in [0.15, 0.2) is 0 Å². The zero-order valence-electron chi connectivity index (χ0n) is 13.9. The van der Waals surface area contributed by atoms with Crippen LogP contribution in [0.25, 0.3) is 0 Å². The van der Waals surface area contributed by atoms with Gasteiger partial charge in [-0.3, -0.25) is 15.2 Å². The molecule has 0 radical (unpaired) electrons. The maximum absolute atomic E-state index is 14.3. The van der Waals surface area contributed by atoms with Crippen molar-refractivity contribution in [1.29, 1.82) is 5.41 Å². The second kappa shape index (κ2) is 8.00. The molecule has 0 aromatic heterocycles. The summed E-state index contributed by atoms with van der Waals surface area (Å²) in [6, 6.07) is 3.83. The third-order valence-electron chi connectivity index (χ3n) is 3.54. The van der Waals surface area contributed by atoms with Gasteiger partial charge in [-0.05, 0) is 31.2 Å². The van der Waals surface area contributed by atoms with E-state index in [1.54, 1.807) is 12.2 Å². The zero-order chi connectivity index (χ0) is 19.3. The number of ether oxygens (including phenoxy) is 1. The molecule has 1 amide bonds. The Balaban J connectivity index is 2.17. The maximum atomic E-state index is 14.3. The zero-order valence-corrected chi connectivity index (χ0v) is 13.9. The van der Waals surface area contributed by atoms with Gasteiger partial charge >= 0.3 is 6.55 Å². The lowest BCUT2D eigenvalue weighted by atomic mass is 9.92. The van der Waals surface area contributed by atoms with Crippen molar-refractivity contribution in [3.05, 3.63) is 41.9 Å². The first kappa shape index (κ1) is 19.4. The van der Waals surface area contributed by atoms with E-state index in [0.717, 1.165) is 18.3 Å². The van der Waals surface area contributed by atoms with Crippen molar-refractivity contribution < 1.29 is 22.7 Å². The Morgan fingerprint density at radius 3 is 2.88 bits per heavy atom. The number of nitrogens with zero attached hydrogens (tertiary/aromatic N) is 1. The fraction of sp³-hybridized carbons (Fsp3) is 0.312. The quantitative estimate of drug-likeness (QED) is 0.452. The van der Waals surface area contributed by atoms with E-state index in [1.165, 1.54) is 12.1 Å². The molecule has 26 heavy (non-hydrogen) atoms. The summed E-state index contributed by atoms with van der Waals surface area (Å²) in [5.74, 6) is -1.17. The molecule has 1 aromatic carbocycles. The van der Waals surface area contributed by atoms with E-state index in [-0.39, 0.29) is 30.3 Å². The summed E-state index contributed by atoms with van der Waals surface area (Å²) in [4.78, 5) is 16.2. The Morgan fingerprint density at radius 2 is 2.23 bits per heavy atom. The Kier molecular flexibility index (Phi) is 5.98. The number of nitrogens with two attached hydrogens (primary N) is 1. The molecule has 0 unspecified atom stereocenters. The van der Waals surface area contributed by atoms with Crippen LogP contribution in [-0.2, 0) is 15.1 Å². The molecule has 0 saturated heterocycles. The second-order valence-electron chi connectivity index (χ2n) is 5.73. The first-order valence-corrected chi connectivity index (χ1v) is 7.54. The number of hydrogen-bond acceptors (Lipinski definition) is 6. The molecule has 7 nitrogen and oxygen atoms in total. The number of halogens is 3. The number of alkyl halides is 2. The van der Waals surface area contributed by atoms with Gasteiger partial charge in [-0.25, -0.2) is 4.39 Å². The van der Waals surface area contributed by atoms with Crippen molar-refractivity contribution in [2.75, 3.05) is 18.5 Å². The van der Waals surface area contributed by atoms with Crippen molar-refractivity contribution in [1.82, 2.24) is 5.32 Å². The van der Waals surface area contributed by atoms with Gasteiger partial charge in [-0.1, -0.05) is 0 Å². The van der Waals surface area contributed by atoms with Crippen LogP contribution in [0.15, 0.2) is 35.5 Å². The highest BCUT2D eigenvalue weighted by molar-refractivity contribution is 6.45. The lowest BCUT2D eigenvalue weighted by molar-refractivity contribution is -0.110. The average molecular weight is 369 g/mol. The van der Waals surface area contributed by atoms with E-state index in [4.69, 9.17) is 15.9 Å². The monoisotopic (exact) mass is 369 g/mol. The molecule has 1 aromatic rings. The molecule has 0 spiro atoms.